The van der Waals surface area contributed by atoms with Crippen molar-refractivity contribution in [2.45, 2.75) is 0 Å². The Morgan fingerprint density at radius 2 is 1.88 bits per heavy atom. The fourth-order valence-electron chi connectivity index (χ4n) is 2.54. The number of nitrogens with zero attached hydrogens (tertiary/aromatic N) is 1. The molecule has 0 aliphatic carbocycles. The summed E-state index contributed by atoms with van der Waals surface area (Å²) in [6.07, 6.45) is -0.597. The number of aryl methyl sites for hydroxylation is 1. The Hall–Kier alpha value is -2.80. The number of hydrogen-bond acceptors (Lipinski definition) is 4. The Morgan fingerprint density at radius 3 is 2.60 bits per heavy atom. The van der Waals surface area contributed by atoms with Crippen molar-refractivity contribution in [1.29, 1.82) is 0 Å². The molecule has 1 heterocycles. The van der Waals surface area contributed by atoms with E-state index in [1.165, 1.54) is 7.11 Å². The predicted molar refractivity (Wildman–Crippen MR) is 98.0 cm³/mol. The molecular weight excluding hydrogens is 388 g/mol. The number of carbonyl (C=O) groups is 2. The van der Waals surface area contributed by atoms with Crippen LogP contribution in [-0.4, -0.2) is 23.7 Å². The number of nitrogens with one attached hydrogen (secondary N) is 1. The number of hydrogen-bond donors (Lipinski definition) is 1. The minimum Gasteiger partial charge on any atom is -0.453 e. The quantitative estimate of drug-likeness (QED) is 0.522. The van der Waals surface area contributed by atoms with Crippen LogP contribution < -0.4 is 10.1 Å². The largest absolute Gasteiger partial charge is 0.453 e. The van der Waals surface area contributed by atoms with E-state index in [9.17, 15) is 9.59 Å². The summed E-state index contributed by atoms with van der Waals surface area (Å²) in [5.41, 5.74) is 1.79. The van der Waals surface area contributed by atoms with Gasteiger partial charge in [-0.25, -0.2) is 9.59 Å². The van der Waals surface area contributed by atoms with Crippen molar-refractivity contribution in [1.82, 2.24) is 4.57 Å². The Balaban J connectivity index is 1.88. The molecule has 0 radical (unpaired) electrons. The molecule has 0 atom stereocenters. The number of benzene rings is 2. The second-order valence-corrected chi connectivity index (χ2v) is 6.07. The zero-order valence-electron chi connectivity index (χ0n) is 13.6. The van der Waals surface area contributed by atoms with Gasteiger partial charge in [0.2, 0.25) is 0 Å². The van der Waals surface area contributed by atoms with Gasteiger partial charge in [0.05, 0.1) is 11.6 Å². The van der Waals surface area contributed by atoms with Gasteiger partial charge < -0.3 is 14.0 Å². The lowest BCUT2D eigenvalue weighted by atomic mass is 10.2. The molecule has 1 aromatic heterocycles. The van der Waals surface area contributed by atoms with E-state index in [1.54, 1.807) is 35.9 Å². The molecule has 0 aliphatic rings. The van der Waals surface area contributed by atoms with Crippen LogP contribution in [0.25, 0.3) is 10.9 Å². The van der Waals surface area contributed by atoms with Crippen LogP contribution in [0.2, 0.25) is 0 Å². The number of aromatic nitrogens is 1. The van der Waals surface area contributed by atoms with Crippen LogP contribution in [0.4, 0.5) is 10.5 Å². The fourth-order valence-corrected chi connectivity index (χ4v) is 3.30. The standard InChI is InChI=1S/C18H15BrN2O4/c1-21-14-9-4-3-8-13(14)15(19)16(21)17(22)25-12-7-5-6-11(10-12)20-18(23)24-2/h3-10H,1-2H3,(H,20,23). The van der Waals surface area contributed by atoms with Gasteiger partial charge in [0.15, 0.2) is 0 Å². The lowest BCUT2D eigenvalue weighted by molar-refractivity contribution is 0.0724. The first-order valence-electron chi connectivity index (χ1n) is 7.41. The molecule has 0 saturated carbocycles. The Morgan fingerprint density at radius 1 is 1.12 bits per heavy atom. The molecule has 1 amide bonds. The van der Waals surface area contributed by atoms with Gasteiger partial charge in [-0.2, -0.15) is 0 Å². The van der Waals surface area contributed by atoms with Gasteiger partial charge >= 0.3 is 12.1 Å². The Labute approximate surface area is 152 Å². The molecule has 0 aliphatic heterocycles. The van der Waals surface area contributed by atoms with Gasteiger partial charge in [-0.05, 0) is 34.1 Å². The third-order valence-corrected chi connectivity index (χ3v) is 4.52. The first-order chi connectivity index (χ1) is 12.0. The van der Waals surface area contributed by atoms with Crippen LogP contribution in [0, 0.1) is 0 Å². The van der Waals surface area contributed by atoms with E-state index < -0.39 is 12.1 Å². The minimum absolute atomic E-state index is 0.316. The van der Waals surface area contributed by atoms with Gasteiger partial charge in [-0.1, -0.05) is 24.3 Å². The summed E-state index contributed by atoms with van der Waals surface area (Å²) in [4.78, 5) is 23.9. The molecule has 25 heavy (non-hydrogen) atoms. The van der Waals surface area contributed by atoms with Crippen molar-refractivity contribution in [3.8, 4) is 5.75 Å². The summed E-state index contributed by atoms with van der Waals surface area (Å²) in [7, 11) is 3.08. The number of carbonyl (C=O) groups excluding carboxylic acids is 2. The summed E-state index contributed by atoms with van der Waals surface area (Å²) in [5, 5.41) is 3.45. The second-order valence-electron chi connectivity index (χ2n) is 5.27. The van der Waals surface area contributed by atoms with E-state index in [1.807, 2.05) is 24.3 Å². The highest BCUT2D eigenvalue weighted by molar-refractivity contribution is 9.10. The van der Waals surface area contributed by atoms with E-state index in [0.29, 0.717) is 21.6 Å². The van der Waals surface area contributed by atoms with Crippen molar-refractivity contribution < 1.29 is 19.1 Å². The van der Waals surface area contributed by atoms with Gasteiger partial charge in [-0.3, -0.25) is 5.32 Å². The van der Waals surface area contributed by atoms with Gasteiger partial charge in [0, 0.05) is 29.7 Å². The zero-order chi connectivity index (χ0) is 18.0. The predicted octanol–water partition coefficient (Wildman–Crippen LogP) is 4.34. The number of fused-ring (bicyclic) bond motifs is 1. The van der Waals surface area contributed by atoms with Crippen molar-refractivity contribution in [3.63, 3.8) is 0 Å². The number of esters is 1. The normalized spacial score (nSPS) is 10.5. The molecular formula is C18H15BrN2O4. The Bertz CT molecular complexity index is 926. The number of rotatable bonds is 3. The average molecular weight is 403 g/mol. The van der Waals surface area contributed by atoms with E-state index in [-0.39, 0.29) is 0 Å². The smallest absolute Gasteiger partial charge is 0.411 e. The summed E-state index contributed by atoms with van der Waals surface area (Å²) in [6, 6.07) is 14.2. The van der Waals surface area contributed by atoms with Gasteiger partial charge in [0.25, 0.3) is 0 Å². The van der Waals surface area contributed by atoms with E-state index >= 15 is 0 Å². The first-order valence-corrected chi connectivity index (χ1v) is 8.20. The van der Waals surface area contributed by atoms with Gasteiger partial charge in [-0.15, -0.1) is 0 Å². The Kier molecular flexibility index (Phi) is 4.76. The molecule has 3 aromatic rings. The SMILES string of the molecule is COC(=O)Nc1cccc(OC(=O)c2c(Br)c3ccccc3n2C)c1. The van der Waals surface area contributed by atoms with Crippen LogP contribution in [0.15, 0.2) is 53.0 Å². The van der Waals surface area contributed by atoms with Crippen LogP contribution in [0.1, 0.15) is 10.5 Å². The molecule has 7 heteroatoms. The van der Waals surface area contributed by atoms with E-state index in [2.05, 4.69) is 26.0 Å². The summed E-state index contributed by atoms with van der Waals surface area (Å²) in [5.74, 6) is -0.183. The summed E-state index contributed by atoms with van der Waals surface area (Å²) < 4.78 is 12.5. The third kappa shape index (κ3) is 3.36. The van der Waals surface area contributed by atoms with Crippen LogP contribution in [0.3, 0.4) is 0 Å². The number of halogens is 1. The second kappa shape index (κ2) is 6.98. The minimum atomic E-state index is -0.597. The number of amides is 1. The number of anilines is 1. The number of ether oxygens (including phenoxy) is 2. The van der Waals surface area contributed by atoms with Crippen LogP contribution in [-0.2, 0) is 11.8 Å². The lowest BCUT2D eigenvalue weighted by Crippen LogP contribution is -2.14. The molecule has 1 N–H and O–H groups in total. The number of methoxy groups -OCH3 is 1. The highest BCUT2D eigenvalue weighted by atomic mass is 79.9. The van der Waals surface area contributed by atoms with Crippen LogP contribution in [0.5, 0.6) is 5.75 Å². The summed E-state index contributed by atoms with van der Waals surface area (Å²) >= 11 is 3.48. The monoisotopic (exact) mass is 402 g/mol. The lowest BCUT2D eigenvalue weighted by Gasteiger charge is -2.08. The highest BCUT2D eigenvalue weighted by Crippen LogP contribution is 2.31. The maximum Gasteiger partial charge on any atom is 0.411 e. The van der Waals surface area contributed by atoms with E-state index in [0.717, 1.165) is 10.9 Å². The molecule has 0 fully saturated rings. The third-order valence-electron chi connectivity index (χ3n) is 3.71. The maximum absolute atomic E-state index is 12.6. The van der Waals surface area contributed by atoms with Gasteiger partial charge in [0.1, 0.15) is 11.4 Å². The maximum atomic E-state index is 12.6. The topological polar surface area (TPSA) is 69.6 Å². The molecule has 2 aromatic carbocycles. The molecule has 6 nitrogen and oxygen atoms in total. The van der Waals surface area contributed by atoms with Crippen molar-refractivity contribution >= 4 is 44.6 Å². The number of para-hydroxylation sites is 1. The molecule has 0 unspecified atom stereocenters. The molecule has 128 valence electrons. The fraction of sp³-hybridized carbons (Fsp3) is 0.111. The molecule has 3 rings (SSSR count). The molecule has 0 spiro atoms. The van der Waals surface area contributed by atoms with Crippen LogP contribution >= 0.6 is 15.9 Å². The molecule has 0 saturated heterocycles. The van der Waals surface area contributed by atoms with Crippen molar-refractivity contribution in [3.05, 3.63) is 58.7 Å². The average Bonchev–Trinajstić information content (AvgIpc) is 2.86. The zero-order valence-corrected chi connectivity index (χ0v) is 15.2. The van der Waals surface area contributed by atoms with E-state index in [4.69, 9.17) is 4.74 Å². The van der Waals surface area contributed by atoms with Crippen molar-refractivity contribution in [2.75, 3.05) is 12.4 Å². The molecule has 0 bridgehead atoms. The first kappa shape index (κ1) is 17.0. The highest BCUT2D eigenvalue weighted by Gasteiger charge is 2.21. The van der Waals surface area contributed by atoms with Crippen molar-refractivity contribution in [2.24, 2.45) is 7.05 Å². The summed E-state index contributed by atoms with van der Waals surface area (Å²) in [6.45, 7) is 0.